The van der Waals surface area contributed by atoms with Gasteiger partial charge in [-0.25, -0.2) is 9.59 Å². The van der Waals surface area contributed by atoms with E-state index in [9.17, 15) is 9.59 Å². The van der Waals surface area contributed by atoms with Crippen molar-refractivity contribution >= 4 is 23.2 Å². The summed E-state index contributed by atoms with van der Waals surface area (Å²) in [5.74, 6) is 0.705. The molecular formula is C17H25NO5S. The third kappa shape index (κ3) is 10.9. The summed E-state index contributed by atoms with van der Waals surface area (Å²) in [5.41, 5.74) is 0.912. The standard InChI is InChI=1S/C17H25NO5S/c19-11-6-1-2-7-13-24-17(21)22-12-10-18-16(20)23-14-15-8-4-3-5-9-15/h3-5,8-9,19H,1-2,6-7,10-14H2,(H,18,20). The average Bonchev–Trinajstić information content (AvgIpc) is 2.61. The Morgan fingerprint density at radius 3 is 2.54 bits per heavy atom. The SMILES string of the molecule is O=C(NCCOC(=O)SCCCCCCO)OCc1ccccc1. The van der Waals surface area contributed by atoms with Gasteiger partial charge in [0.25, 0.3) is 0 Å². The number of carbonyl (C=O) groups excluding carboxylic acids is 2. The summed E-state index contributed by atoms with van der Waals surface area (Å²) in [6.07, 6.45) is 3.16. The highest BCUT2D eigenvalue weighted by Crippen LogP contribution is 2.10. The second kappa shape index (κ2) is 13.7. The summed E-state index contributed by atoms with van der Waals surface area (Å²) in [4.78, 5) is 22.9. The van der Waals surface area contributed by atoms with Gasteiger partial charge in [0.1, 0.15) is 13.2 Å². The zero-order chi connectivity index (χ0) is 17.5. The lowest BCUT2D eigenvalue weighted by Gasteiger charge is -2.07. The molecule has 2 N–H and O–H groups in total. The van der Waals surface area contributed by atoms with E-state index in [1.54, 1.807) is 0 Å². The van der Waals surface area contributed by atoms with Crippen LogP contribution in [-0.2, 0) is 16.1 Å². The third-order valence-electron chi connectivity index (χ3n) is 3.08. The molecule has 0 saturated heterocycles. The van der Waals surface area contributed by atoms with Crippen molar-refractivity contribution < 1.29 is 24.2 Å². The second-order valence-corrected chi connectivity index (χ2v) is 6.10. The normalized spacial score (nSPS) is 10.2. The van der Waals surface area contributed by atoms with Gasteiger partial charge in [0.15, 0.2) is 0 Å². The van der Waals surface area contributed by atoms with Crippen LogP contribution < -0.4 is 5.32 Å². The summed E-state index contributed by atoms with van der Waals surface area (Å²) >= 11 is 1.13. The third-order valence-corrected chi connectivity index (χ3v) is 3.92. The first-order valence-electron chi connectivity index (χ1n) is 8.07. The smallest absolute Gasteiger partial charge is 0.407 e. The van der Waals surface area contributed by atoms with Gasteiger partial charge in [-0.05, 0) is 30.2 Å². The van der Waals surface area contributed by atoms with E-state index in [-0.39, 0.29) is 31.7 Å². The van der Waals surface area contributed by atoms with Crippen LogP contribution in [0, 0.1) is 0 Å². The number of benzene rings is 1. The van der Waals surface area contributed by atoms with E-state index in [0.717, 1.165) is 43.0 Å². The Morgan fingerprint density at radius 2 is 1.79 bits per heavy atom. The molecule has 0 atom stereocenters. The van der Waals surface area contributed by atoms with Crippen molar-refractivity contribution in [3.8, 4) is 0 Å². The molecule has 0 spiro atoms. The number of hydrogen-bond donors (Lipinski definition) is 2. The second-order valence-electron chi connectivity index (χ2n) is 5.07. The lowest BCUT2D eigenvalue weighted by molar-refractivity contribution is 0.134. The number of thioether (sulfide) groups is 1. The van der Waals surface area contributed by atoms with E-state index in [1.807, 2.05) is 30.3 Å². The molecule has 1 amide bonds. The summed E-state index contributed by atoms with van der Waals surface area (Å²) in [6, 6.07) is 9.39. The van der Waals surface area contributed by atoms with Gasteiger partial charge in [-0.3, -0.25) is 0 Å². The number of nitrogens with one attached hydrogen (secondary N) is 1. The number of hydrogen-bond acceptors (Lipinski definition) is 6. The van der Waals surface area contributed by atoms with Crippen molar-refractivity contribution in [2.75, 3.05) is 25.5 Å². The Kier molecular flexibility index (Phi) is 11.6. The van der Waals surface area contributed by atoms with Crippen LogP contribution in [0.1, 0.15) is 31.2 Å². The van der Waals surface area contributed by atoms with Gasteiger partial charge in [-0.1, -0.05) is 43.2 Å². The number of amides is 1. The molecule has 0 aliphatic rings. The van der Waals surface area contributed by atoms with E-state index in [4.69, 9.17) is 14.6 Å². The molecule has 24 heavy (non-hydrogen) atoms. The van der Waals surface area contributed by atoms with Crippen molar-refractivity contribution in [1.82, 2.24) is 5.32 Å². The highest BCUT2D eigenvalue weighted by atomic mass is 32.2. The number of unbranched alkanes of at least 4 members (excludes halogenated alkanes) is 3. The van der Waals surface area contributed by atoms with Crippen molar-refractivity contribution in [3.63, 3.8) is 0 Å². The van der Waals surface area contributed by atoms with E-state index >= 15 is 0 Å². The minimum atomic E-state index is -0.536. The first-order chi connectivity index (χ1) is 11.7. The molecule has 0 fully saturated rings. The van der Waals surface area contributed by atoms with Crippen molar-refractivity contribution in [1.29, 1.82) is 0 Å². The molecule has 0 aromatic heterocycles. The quantitative estimate of drug-likeness (QED) is 0.468. The maximum absolute atomic E-state index is 11.5. The van der Waals surface area contributed by atoms with Crippen LogP contribution in [0.5, 0.6) is 0 Å². The number of carbonyl (C=O) groups is 2. The number of ether oxygens (including phenoxy) is 2. The molecule has 0 bridgehead atoms. The van der Waals surface area contributed by atoms with Crippen LogP contribution >= 0.6 is 11.8 Å². The predicted octanol–water partition coefficient (Wildman–Crippen LogP) is 3.34. The largest absolute Gasteiger partial charge is 0.456 e. The van der Waals surface area contributed by atoms with Crippen LogP contribution in [0.15, 0.2) is 30.3 Å². The fourth-order valence-electron chi connectivity index (χ4n) is 1.83. The van der Waals surface area contributed by atoms with E-state index in [2.05, 4.69) is 5.32 Å². The van der Waals surface area contributed by atoms with Crippen molar-refractivity contribution in [2.24, 2.45) is 0 Å². The highest BCUT2D eigenvalue weighted by molar-refractivity contribution is 8.13. The topological polar surface area (TPSA) is 84.9 Å². The Balaban J connectivity index is 1.94. The van der Waals surface area contributed by atoms with Crippen LogP contribution in [0.4, 0.5) is 9.59 Å². The van der Waals surface area contributed by atoms with Gasteiger partial charge >= 0.3 is 11.4 Å². The minimum Gasteiger partial charge on any atom is -0.456 e. The first-order valence-corrected chi connectivity index (χ1v) is 9.06. The molecule has 7 heteroatoms. The fraction of sp³-hybridized carbons (Fsp3) is 0.529. The molecule has 0 saturated carbocycles. The molecule has 1 aromatic carbocycles. The highest BCUT2D eigenvalue weighted by Gasteiger charge is 2.05. The van der Waals surface area contributed by atoms with Crippen LogP contribution in [0.3, 0.4) is 0 Å². The summed E-state index contributed by atoms with van der Waals surface area (Å²) in [7, 11) is 0. The van der Waals surface area contributed by atoms with E-state index in [1.165, 1.54) is 0 Å². The average molecular weight is 355 g/mol. The van der Waals surface area contributed by atoms with E-state index in [0.29, 0.717) is 5.75 Å². The van der Waals surface area contributed by atoms with Gasteiger partial charge in [0, 0.05) is 12.4 Å². The maximum atomic E-state index is 11.5. The summed E-state index contributed by atoms with van der Waals surface area (Å²) < 4.78 is 10.0. The van der Waals surface area contributed by atoms with Gasteiger partial charge in [0.2, 0.25) is 0 Å². The Labute approximate surface area is 146 Å². The van der Waals surface area contributed by atoms with Crippen LogP contribution in [0.2, 0.25) is 0 Å². The fourth-order valence-corrected chi connectivity index (χ4v) is 2.51. The van der Waals surface area contributed by atoms with Crippen LogP contribution in [0.25, 0.3) is 0 Å². The number of aliphatic hydroxyl groups is 1. The predicted molar refractivity (Wildman–Crippen MR) is 94.0 cm³/mol. The molecule has 6 nitrogen and oxygen atoms in total. The maximum Gasteiger partial charge on any atom is 0.407 e. The monoisotopic (exact) mass is 355 g/mol. The lowest BCUT2D eigenvalue weighted by atomic mass is 10.2. The van der Waals surface area contributed by atoms with E-state index < -0.39 is 6.09 Å². The molecule has 0 heterocycles. The number of rotatable bonds is 11. The van der Waals surface area contributed by atoms with Crippen LogP contribution in [-0.4, -0.2) is 42.0 Å². The zero-order valence-electron chi connectivity index (χ0n) is 13.7. The number of alkyl carbamates (subject to hydrolysis) is 1. The minimum absolute atomic E-state index is 0.122. The summed E-state index contributed by atoms with van der Waals surface area (Å²) in [5, 5.41) is 10.8. The van der Waals surface area contributed by atoms with Crippen molar-refractivity contribution in [2.45, 2.75) is 32.3 Å². The molecule has 1 rings (SSSR count). The molecule has 0 aliphatic heterocycles. The first kappa shape index (κ1) is 20.3. The Hall–Kier alpha value is -1.73. The van der Waals surface area contributed by atoms with Gasteiger partial charge in [-0.2, -0.15) is 0 Å². The molecule has 0 unspecified atom stereocenters. The van der Waals surface area contributed by atoms with Gasteiger partial charge in [-0.15, -0.1) is 0 Å². The van der Waals surface area contributed by atoms with Gasteiger partial charge < -0.3 is 19.9 Å². The van der Waals surface area contributed by atoms with Crippen molar-refractivity contribution in [3.05, 3.63) is 35.9 Å². The molecule has 1 aromatic rings. The Morgan fingerprint density at radius 1 is 1.04 bits per heavy atom. The van der Waals surface area contributed by atoms with Gasteiger partial charge in [0.05, 0.1) is 6.54 Å². The molecule has 0 aliphatic carbocycles. The zero-order valence-corrected chi connectivity index (χ0v) is 14.6. The molecular weight excluding hydrogens is 330 g/mol. The Bertz CT molecular complexity index is 469. The molecule has 0 radical (unpaired) electrons. The molecule has 134 valence electrons. The number of aliphatic hydroxyl groups excluding tert-OH is 1. The summed E-state index contributed by atoms with van der Waals surface area (Å²) in [6.45, 7) is 0.766. The lowest BCUT2D eigenvalue weighted by Crippen LogP contribution is -2.28.